The maximum Gasteiger partial charge on any atom is 0.340 e. The second kappa shape index (κ2) is 10.8. The zero-order valence-corrected chi connectivity index (χ0v) is 19.3. The van der Waals surface area contributed by atoms with Crippen molar-refractivity contribution in [2.24, 2.45) is 0 Å². The lowest BCUT2D eigenvalue weighted by atomic mass is 9.95. The molecule has 1 aromatic heterocycles. The second-order valence-electron chi connectivity index (χ2n) is 7.40. The number of fused-ring (bicyclic) bond motifs is 1. The molecule has 0 fully saturated rings. The maximum atomic E-state index is 15.1. The number of hydrogen-bond acceptors (Lipinski definition) is 8. The van der Waals surface area contributed by atoms with Crippen LogP contribution in [0.15, 0.2) is 45.6 Å². The van der Waals surface area contributed by atoms with Crippen molar-refractivity contribution >= 4 is 40.4 Å². The van der Waals surface area contributed by atoms with Gasteiger partial charge in [0.2, 0.25) is 5.91 Å². The number of anilines is 2. The van der Waals surface area contributed by atoms with E-state index in [2.05, 4.69) is 14.8 Å². The Morgan fingerprint density at radius 3 is 2.73 bits per heavy atom. The highest BCUT2D eigenvalue weighted by atomic mass is 32.2. The zero-order valence-electron chi connectivity index (χ0n) is 18.5. The van der Waals surface area contributed by atoms with Crippen LogP contribution in [0, 0.1) is 17.1 Å². The fraction of sp³-hybridized carbons (Fsp3) is 0.261. The first kappa shape index (κ1) is 24.1. The molecular weight excluding hydrogens is 445 g/mol. The zero-order chi connectivity index (χ0) is 24.0. The lowest BCUT2D eigenvalue weighted by molar-refractivity contribution is -0.120. The summed E-state index contributed by atoms with van der Waals surface area (Å²) in [6.45, 7) is -0.149. The van der Waals surface area contributed by atoms with Crippen LogP contribution in [0.5, 0.6) is 0 Å². The molecule has 0 spiro atoms. The van der Waals surface area contributed by atoms with Gasteiger partial charge in [-0.3, -0.25) is 4.79 Å². The van der Waals surface area contributed by atoms with E-state index in [1.807, 2.05) is 31.1 Å². The minimum Gasteiger partial charge on any atom is -0.422 e. The Kier molecular flexibility index (Phi) is 7.92. The first-order valence-corrected chi connectivity index (χ1v) is 10.9. The maximum absolute atomic E-state index is 15.1. The van der Waals surface area contributed by atoms with Crippen LogP contribution in [0.2, 0.25) is 0 Å². The fourth-order valence-electron chi connectivity index (χ4n) is 3.40. The average Bonchev–Trinajstić information content (AvgIpc) is 2.79. The summed E-state index contributed by atoms with van der Waals surface area (Å²) < 4.78 is 26.3. The molecule has 1 heterocycles. The smallest absolute Gasteiger partial charge is 0.340 e. The van der Waals surface area contributed by atoms with Crippen molar-refractivity contribution < 1.29 is 13.6 Å². The largest absolute Gasteiger partial charge is 0.422 e. The van der Waals surface area contributed by atoms with Crippen LogP contribution >= 0.6 is 12.1 Å². The molecule has 1 amide bonds. The minimum atomic E-state index is -0.635. The second-order valence-corrected chi connectivity index (χ2v) is 8.21. The lowest BCUT2D eigenvalue weighted by Crippen LogP contribution is -2.27. The molecule has 3 N–H and O–H groups in total. The molecule has 172 valence electrons. The highest BCUT2D eigenvalue weighted by Crippen LogP contribution is 2.28. The Morgan fingerprint density at radius 2 is 2.03 bits per heavy atom. The Balaban J connectivity index is 2.12. The van der Waals surface area contributed by atoms with Crippen LogP contribution in [0.3, 0.4) is 0 Å². The number of nitrogens with one attached hydrogen (secondary N) is 3. The molecule has 33 heavy (non-hydrogen) atoms. The third-order valence-electron chi connectivity index (χ3n) is 5.03. The van der Waals surface area contributed by atoms with E-state index in [1.165, 1.54) is 0 Å². The van der Waals surface area contributed by atoms with Gasteiger partial charge in [0.15, 0.2) is 5.82 Å². The highest BCUT2D eigenvalue weighted by molar-refractivity contribution is 7.98. The molecule has 0 aliphatic rings. The molecule has 0 saturated carbocycles. The van der Waals surface area contributed by atoms with Crippen molar-refractivity contribution in [3.8, 4) is 6.07 Å². The normalized spacial score (nSPS) is 10.6. The van der Waals surface area contributed by atoms with Crippen LogP contribution in [0.4, 0.5) is 15.8 Å². The van der Waals surface area contributed by atoms with Gasteiger partial charge in [0, 0.05) is 55.4 Å². The Morgan fingerprint density at radius 1 is 1.24 bits per heavy atom. The SMILES string of the molecule is CNSNc1cccc(Cc2c(CC(=O)NCC#N)c3ccc(N(C)C)cc3oc2=O)c1F. The number of carbonyl (C=O) groups is 1. The lowest BCUT2D eigenvalue weighted by Gasteiger charge is -2.16. The number of rotatable bonds is 9. The molecule has 2 aromatic carbocycles. The molecule has 0 unspecified atom stereocenters. The first-order valence-electron chi connectivity index (χ1n) is 10.1. The van der Waals surface area contributed by atoms with Gasteiger partial charge in [-0.2, -0.15) is 5.26 Å². The van der Waals surface area contributed by atoms with Gasteiger partial charge in [0.1, 0.15) is 12.1 Å². The van der Waals surface area contributed by atoms with E-state index >= 15 is 4.39 Å². The molecule has 0 bridgehead atoms. The van der Waals surface area contributed by atoms with Crippen LogP contribution < -0.4 is 25.3 Å². The van der Waals surface area contributed by atoms with E-state index in [4.69, 9.17) is 9.68 Å². The number of nitriles is 1. The summed E-state index contributed by atoms with van der Waals surface area (Å²) in [6, 6.07) is 12.1. The van der Waals surface area contributed by atoms with Gasteiger partial charge >= 0.3 is 5.63 Å². The molecule has 0 atom stereocenters. The van der Waals surface area contributed by atoms with E-state index < -0.39 is 17.3 Å². The molecule has 8 nitrogen and oxygen atoms in total. The first-order chi connectivity index (χ1) is 15.8. The van der Waals surface area contributed by atoms with Crippen molar-refractivity contribution in [1.29, 1.82) is 5.26 Å². The van der Waals surface area contributed by atoms with Crippen molar-refractivity contribution in [2.75, 3.05) is 37.3 Å². The Bertz CT molecular complexity index is 1270. The molecular formula is C23H24FN5O3S. The van der Waals surface area contributed by atoms with Gasteiger partial charge < -0.3 is 19.4 Å². The fourth-order valence-corrected chi connectivity index (χ4v) is 3.77. The van der Waals surface area contributed by atoms with Crippen molar-refractivity contribution in [3.63, 3.8) is 0 Å². The highest BCUT2D eigenvalue weighted by Gasteiger charge is 2.20. The van der Waals surface area contributed by atoms with E-state index in [0.29, 0.717) is 16.5 Å². The molecule has 0 saturated heterocycles. The van der Waals surface area contributed by atoms with Gasteiger partial charge in [0.25, 0.3) is 0 Å². The summed E-state index contributed by atoms with van der Waals surface area (Å²) in [5.74, 6) is -0.912. The summed E-state index contributed by atoms with van der Waals surface area (Å²) in [4.78, 5) is 27.3. The number of benzene rings is 2. The standard InChI is InChI=1S/C23H24FN5O3S/c1-26-33-28-19-6-4-5-14(22(19)24)11-18-17(13-21(30)27-10-9-25)16-8-7-15(29(2)3)12-20(16)32-23(18)31/h4-8,12,26,28H,10-11,13H2,1-3H3,(H,27,30). The van der Waals surface area contributed by atoms with Crippen molar-refractivity contribution in [2.45, 2.75) is 12.8 Å². The Hall–Kier alpha value is -3.55. The Labute approximate surface area is 195 Å². The monoisotopic (exact) mass is 469 g/mol. The van der Waals surface area contributed by atoms with Gasteiger partial charge in [-0.25, -0.2) is 13.9 Å². The van der Waals surface area contributed by atoms with Crippen molar-refractivity contribution in [3.05, 3.63) is 69.3 Å². The quantitative estimate of drug-likeness (QED) is 0.249. The average molecular weight is 470 g/mol. The van der Waals surface area contributed by atoms with Gasteiger partial charge in [-0.1, -0.05) is 12.1 Å². The van der Waals surface area contributed by atoms with Gasteiger partial charge in [-0.15, -0.1) is 0 Å². The summed E-state index contributed by atoms with van der Waals surface area (Å²) in [6.07, 6.45) is -0.199. The molecule has 0 aliphatic heterocycles. The number of nitrogens with zero attached hydrogens (tertiary/aromatic N) is 2. The number of halogens is 1. The number of hydrogen-bond donors (Lipinski definition) is 3. The van der Waals surface area contributed by atoms with E-state index in [1.54, 1.807) is 37.4 Å². The van der Waals surface area contributed by atoms with Crippen LogP contribution in [-0.2, 0) is 17.6 Å². The summed E-state index contributed by atoms with van der Waals surface area (Å²) in [7, 11) is 5.42. The topological polar surface area (TPSA) is 110 Å². The number of amides is 1. The summed E-state index contributed by atoms with van der Waals surface area (Å²) in [5.41, 5.74) is 1.72. The van der Waals surface area contributed by atoms with Crippen molar-refractivity contribution in [1.82, 2.24) is 10.0 Å². The molecule has 3 aromatic rings. The third-order valence-corrected chi connectivity index (χ3v) is 5.56. The summed E-state index contributed by atoms with van der Waals surface area (Å²) >= 11 is 1.11. The van der Waals surface area contributed by atoms with Crippen LogP contribution in [-0.4, -0.2) is 33.6 Å². The predicted molar refractivity (Wildman–Crippen MR) is 129 cm³/mol. The summed E-state index contributed by atoms with van der Waals surface area (Å²) in [5, 5.41) is 11.8. The molecule has 3 rings (SSSR count). The molecule has 10 heteroatoms. The third kappa shape index (κ3) is 5.63. The minimum absolute atomic E-state index is 0.0554. The molecule has 0 radical (unpaired) electrons. The van der Waals surface area contributed by atoms with Crippen LogP contribution in [0.1, 0.15) is 16.7 Å². The van der Waals surface area contributed by atoms with E-state index in [9.17, 15) is 9.59 Å². The van der Waals surface area contributed by atoms with Gasteiger partial charge in [-0.05, 0) is 36.4 Å². The van der Waals surface area contributed by atoms with E-state index in [-0.39, 0.29) is 36.2 Å². The number of carbonyl (C=O) groups excluding carboxylic acids is 1. The van der Waals surface area contributed by atoms with E-state index in [0.717, 1.165) is 17.8 Å². The molecule has 0 aliphatic carbocycles. The van der Waals surface area contributed by atoms with Gasteiger partial charge in [0.05, 0.1) is 18.2 Å². The van der Waals surface area contributed by atoms with Crippen LogP contribution in [0.25, 0.3) is 11.0 Å². The predicted octanol–water partition coefficient (Wildman–Crippen LogP) is 2.97.